The van der Waals surface area contributed by atoms with Crippen molar-refractivity contribution in [1.29, 1.82) is 0 Å². The van der Waals surface area contributed by atoms with Crippen LogP contribution in [0, 0.1) is 5.92 Å². The van der Waals surface area contributed by atoms with Gasteiger partial charge in [0.25, 0.3) is 0 Å². The molecule has 1 saturated heterocycles. The predicted molar refractivity (Wildman–Crippen MR) is 94.2 cm³/mol. The van der Waals surface area contributed by atoms with E-state index in [-0.39, 0.29) is 6.61 Å². The Morgan fingerprint density at radius 1 is 0.966 bits per heavy atom. The highest BCUT2D eigenvalue weighted by atomic mass is 19.4. The lowest BCUT2D eigenvalue weighted by molar-refractivity contribution is -0.181. The van der Waals surface area contributed by atoms with Crippen LogP contribution in [-0.4, -0.2) is 47.0 Å². The minimum Gasteiger partial charge on any atom is -0.389 e. The monoisotopic (exact) mass is 416 g/mol. The zero-order valence-corrected chi connectivity index (χ0v) is 15.5. The van der Waals surface area contributed by atoms with Crippen molar-refractivity contribution in [3.63, 3.8) is 0 Å². The lowest BCUT2D eigenvalue weighted by Crippen LogP contribution is -2.56. The molecular weight excluding hydrogens is 393 g/mol. The number of rotatable bonds is 3. The van der Waals surface area contributed by atoms with Crippen LogP contribution >= 0.6 is 0 Å². The van der Waals surface area contributed by atoms with Gasteiger partial charge in [-0.25, -0.2) is 0 Å². The molecule has 1 aliphatic carbocycles. The zero-order valence-electron chi connectivity index (χ0n) is 15.5. The highest BCUT2D eigenvalue weighted by molar-refractivity contribution is 5.86. The second kappa shape index (κ2) is 8.68. The van der Waals surface area contributed by atoms with E-state index in [1.54, 1.807) is 17.6 Å². The average Bonchev–Trinajstić information content (AvgIpc) is 3.22. The number of carbonyl (C=O) groups excluding carboxylic acids is 2. The van der Waals surface area contributed by atoms with E-state index in [4.69, 9.17) is 4.74 Å². The first-order valence-corrected chi connectivity index (χ1v) is 9.43. The van der Waals surface area contributed by atoms with Gasteiger partial charge in [-0.15, -0.1) is 0 Å². The van der Waals surface area contributed by atoms with Gasteiger partial charge in [-0.3, -0.25) is 20.4 Å². The quantitative estimate of drug-likeness (QED) is 0.558. The van der Waals surface area contributed by atoms with E-state index in [9.17, 15) is 33.0 Å². The van der Waals surface area contributed by atoms with Crippen LogP contribution in [0.5, 0.6) is 0 Å². The molecule has 2 aliphatic rings. The molecule has 1 aromatic carbocycles. The number of nitrogens with one attached hydrogen (secondary N) is 2. The number of halogens is 3. The van der Waals surface area contributed by atoms with Gasteiger partial charge in [0.05, 0.1) is 18.6 Å². The number of aliphatic hydroxyl groups is 2. The van der Waals surface area contributed by atoms with Crippen LogP contribution in [0.1, 0.15) is 48.8 Å². The number of hydrazine groups is 1. The lowest BCUT2D eigenvalue weighted by atomic mass is 9.88. The first kappa shape index (κ1) is 21.5. The number of ether oxygens (including phenoxy) is 1. The molecule has 1 heterocycles. The summed E-state index contributed by atoms with van der Waals surface area (Å²) in [5, 5.41) is 20.6. The summed E-state index contributed by atoms with van der Waals surface area (Å²) in [4.78, 5) is 22.7. The van der Waals surface area contributed by atoms with Crippen molar-refractivity contribution < 1.29 is 37.7 Å². The first-order chi connectivity index (χ1) is 13.7. The minimum atomic E-state index is -5.16. The van der Waals surface area contributed by atoms with Gasteiger partial charge in [-0.05, 0) is 29.9 Å². The largest absolute Gasteiger partial charge is 0.472 e. The molecule has 0 bridgehead atoms. The summed E-state index contributed by atoms with van der Waals surface area (Å²) < 4.78 is 42.0. The topological polar surface area (TPSA) is 108 Å². The fraction of sp³-hybridized carbons (Fsp3) is 0.579. The molecule has 0 aromatic heterocycles. The van der Waals surface area contributed by atoms with E-state index in [1.165, 1.54) is 23.8 Å². The first-order valence-electron chi connectivity index (χ1n) is 9.43. The molecule has 160 valence electrons. The van der Waals surface area contributed by atoms with Crippen molar-refractivity contribution in [2.75, 3.05) is 6.61 Å². The van der Waals surface area contributed by atoms with Crippen molar-refractivity contribution in [3.05, 3.63) is 35.4 Å². The van der Waals surface area contributed by atoms with Gasteiger partial charge in [0, 0.05) is 0 Å². The molecule has 0 unspecified atom stereocenters. The van der Waals surface area contributed by atoms with Crippen LogP contribution in [0.3, 0.4) is 0 Å². The standard InChI is InChI=1S/C19H23F3N2O5/c20-19(21,22)18(28)24-23-17(27)13-9-29-16(15(26)14(13)25)12-7-5-11(6-8-12)10-3-1-2-4-10/h5-8,10,13-16,25-26H,1-4,9H2,(H,23,27)(H,24,28)/t13-,14+,15+,16+/m0/s1. The molecule has 29 heavy (non-hydrogen) atoms. The van der Waals surface area contributed by atoms with Gasteiger partial charge in [-0.2, -0.15) is 13.2 Å². The van der Waals surface area contributed by atoms with Crippen molar-refractivity contribution in [1.82, 2.24) is 10.9 Å². The van der Waals surface area contributed by atoms with Gasteiger partial charge in [0.15, 0.2) is 0 Å². The number of amides is 2. The molecule has 2 fully saturated rings. The van der Waals surface area contributed by atoms with Gasteiger partial charge in [-0.1, -0.05) is 37.1 Å². The highest BCUT2D eigenvalue weighted by Crippen LogP contribution is 2.36. The fourth-order valence-electron chi connectivity index (χ4n) is 3.84. The number of hydrogen-bond donors (Lipinski definition) is 4. The number of benzene rings is 1. The maximum absolute atomic E-state index is 12.2. The van der Waals surface area contributed by atoms with Crippen molar-refractivity contribution in [2.24, 2.45) is 5.92 Å². The van der Waals surface area contributed by atoms with Crippen LogP contribution in [0.2, 0.25) is 0 Å². The van der Waals surface area contributed by atoms with Crippen LogP contribution < -0.4 is 10.9 Å². The van der Waals surface area contributed by atoms with E-state index < -0.39 is 42.2 Å². The molecule has 10 heteroatoms. The molecule has 1 saturated carbocycles. The third-order valence-corrected chi connectivity index (χ3v) is 5.51. The second-order valence-corrected chi connectivity index (χ2v) is 7.43. The molecule has 1 aliphatic heterocycles. The van der Waals surface area contributed by atoms with Crippen LogP contribution in [0.15, 0.2) is 24.3 Å². The van der Waals surface area contributed by atoms with Crippen molar-refractivity contribution >= 4 is 11.8 Å². The molecule has 0 radical (unpaired) electrons. The van der Waals surface area contributed by atoms with E-state index >= 15 is 0 Å². The van der Waals surface area contributed by atoms with Gasteiger partial charge in [0.2, 0.25) is 5.91 Å². The molecule has 3 rings (SSSR count). The zero-order chi connectivity index (χ0) is 21.2. The summed E-state index contributed by atoms with van der Waals surface area (Å²) in [6.07, 6.45) is -4.39. The van der Waals surface area contributed by atoms with Crippen molar-refractivity contribution in [3.8, 4) is 0 Å². The average molecular weight is 416 g/mol. The van der Waals surface area contributed by atoms with Crippen LogP contribution in [0.25, 0.3) is 0 Å². The van der Waals surface area contributed by atoms with Gasteiger partial charge >= 0.3 is 12.1 Å². The molecular formula is C19H23F3N2O5. The number of carbonyl (C=O) groups is 2. The maximum atomic E-state index is 12.2. The fourth-order valence-corrected chi connectivity index (χ4v) is 3.84. The third-order valence-electron chi connectivity index (χ3n) is 5.51. The molecule has 4 N–H and O–H groups in total. The minimum absolute atomic E-state index is 0.332. The third kappa shape index (κ3) is 4.88. The summed E-state index contributed by atoms with van der Waals surface area (Å²) in [6.45, 7) is -0.332. The number of alkyl halides is 3. The Bertz CT molecular complexity index is 734. The molecule has 7 nitrogen and oxygen atoms in total. The normalized spacial score (nSPS) is 28.2. The molecule has 4 atom stereocenters. The second-order valence-electron chi connectivity index (χ2n) is 7.43. The van der Waals surface area contributed by atoms with Crippen LogP contribution in [-0.2, 0) is 14.3 Å². The Morgan fingerprint density at radius 2 is 1.55 bits per heavy atom. The number of hydrogen-bond acceptors (Lipinski definition) is 5. The Kier molecular flexibility index (Phi) is 6.45. The summed E-state index contributed by atoms with van der Waals surface area (Å²) in [5.74, 6) is -4.26. The maximum Gasteiger partial charge on any atom is 0.472 e. The predicted octanol–water partition coefficient (Wildman–Crippen LogP) is 1.46. The summed E-state index contributed by atoms with van der Waals surface area (Å²) in [5.41, 5.74) is 4.64. The Balaban J connectivity index is 1.59. The Hall–Kier alpha value is -2.17. The lowest BCUT2D eigenvalue weighted by Gasteiger charge is -2.37. The van der Waals surface area contributed by atoms with Gasteiger partial charge in [0.1, 0.15) is 12.2 Å². The summed E-state index contributed by atoms with van der Waals surface area (Å²) in [6, 6.07) is 7.52. The van der Waals surface area contributed by atoms with Gasteiger partial charge < -0.3 is 14.9 Å². The Labute approximate surface area is 165 Å². The highest BCUT2D eigenvalue weighted by Gasteiger charge is 2.44. The Morgan fingerprint density at radius 3 is 2.14 bits per heavy atom. The molecule has 2 amide bonds. The van der Waals surface area contributed by atoms with E-state index in [0.717, 1.165) is 12.8 Å². The SMILES string of the molecule is O=C(NNC(=O)C(F)(F)F)[C@H]1CO[C@H](c2ccc(C3CCCC3)cc2)[C@H](O)[C@@H]1O. The van der Waals surface area contributed by atoms with E-state index in [1.807, 2.05) is 12.1 Å². The van der Waals surface area contributed by atoms with E-state index in [0.29, 0.717) is 11.5 Å². The molecule has 0 spiro atoms. The number of aliphatic hydroxyl groups excluding tert-OH is 2. The smallest absolute Gasteiger partial charge is 0.389 e. The van der Waals surface area contributed by atoms with E-state index in [2.05, 4.69) is 0 Å². The van der Waals surface area contributed by atoms with Crippen molar-refractivity contribution in [2.45, 2.75) is 56.1 Å². The van der Waals surface area contributed by atoms with Crippen LogP contribution in [0.4, 0.5) is 13.2 Å². The molecule has 1 aromatic rings. The summed E-state index contributed by atoms with van der Waals surface area (Å²) >= 11 is 0. The summed E-state index contributed by atoms with van der Waals surface area (Å²) in [7, 11) is 0.